The number of nitrogens with zero attached hydrogens (tertiary/aromatic N) is 8. The summed E-state index contributed by atoms with van der Waals surface area (Å²) in [7, 11) is 0.150. The molecule has 2 aliphatic carbocycles. The number of sulfonamides is 1. The third kappa shape index (κ3) is 7.40. The van der Waals surface area contributed by atoms with E-state index in [1.54, 1.807) is 38.7 Å². The first-order chi connectivity index (χ1) is 30.7. The van der Waals surface area contributed by atoms with Crippen LogP contribution in [0.1, 0.15) is 88.3 Å². The number of amides is 2. The predicted octanol–water partition coefficient (Wildman–Crippen LogP) is 5.12. The van der Waals surface area contributed by atoms with E-state index < -0.39 is 33.3 Å². The first-order valence-corrected chi connectivity index (χ1v) is 24.1. The summed E-state index contributed by atoms with van der Waals surface area (Å²) in [6, 6.07) is 11.5. The Morgan fingerprint density at radius 2 is 1.70 bits per heavy atom. The highest BCUT2D eigenvalue weighted by Gasteiger charge is 2.53. The van der Waals surface area contributed by atoms with Gasteiger partial charge in [-0.2, -0.15) is 9.29 Å². The summed E-state index contributed by atoms with van der Waals surface area (Å²) in [5, 5.41) is 6.06. The van der Waals surface area contributed by atoms with Gasteiger partial charge in [-0.3, -0.25) is 33.4 Å². The number of halogens is 1. The average Bonchev–Trinajstić information content (AvgIpc) is 3.89. The minimum Gasteiger partial charge on any atom is -0.370 e. The van der Waals surface area contributed by atoms with Crippen molar-refractivity contribution in [1.82, 2.24) is 38.2 Å². The third-order valence-electron chi connectivity index (χ3n) is 15.0. The van der Waals surface area contributed by atoms with E-state index in [1.165, 1.54) is 16.8 Å². The molecule has 2 saturated carbocycles. The fourth-order valence-corrected chi connectivity index (χ4v) is 12.8. The second-order valence-corrected chi connectivity index (χ2v) is 20.8. The highest BCUT2D eigenvalue weighted by atomic mass is 32.2. The number of carbonyl (C=O) groups excluding carboxylic acids is 2. The summed E-state index contributed by atoms with van der Waals surface area (Å²) in [6.45, 7) is 5.19. The van der Waals surface area contributed by atoms with Gasteiger partial charge in [-0.25, -0.2) is 22.6 Å². The Kier molecular flexibility index (Phi) is 10.8. The molecule has 5 fully saturated rings. The Balaban J connectivity index is 0.751. The van der Waals surface area contributed by atoms with Gasteiger partial charge in [-0.15, -0.1) is 0 Å². The topological polar surface area (TPSA) is 177 Å². The van der Waals surface area contributed by atoms with E-state index >= 15 is 0 Å². The lowest BCUT2D eigenvalue weighted by atomic mass is 9.95. The SMILES string of the molecule is Cc1cc(S(=O)(=O)N2CCC(CN(C)C3CCN(c4cccc5c4n(C)c(=O)n5C4CCC(=O)NC4=O)CC3)CC2)ccc1Nc1ncc2cc(F)c(=O)n(C3CCCC34CC4)c2n1. The molecule has 6 heterocycles. The number of aryl methyl sites for hydroxylation is 2. The number of imidazole rings is 1. The van der Waals surface area contributed by atoms with E-state index in [4.69, 9.17) is 4.98 Å². The van der Waals surface area contributed by atoms with Gasteiger partial charge in [0.1, 0.15) is 11.7 Å². The summed E-state index contributed by atoms with van der Waals surface area (Å²) >= 11 is 0. The smallest absolute Gasteiger partial charge is 0.329 e. The monoisotopic (exact) mass is 894 g/mol. The number of para-hydroxylation sites is 1. The van der Waals surface area contributed by atoms with Crippen molar-refractivity contribution in [3.8, 4) is 0 Å². The van der Waals surface area contributed by atoms with Crippen LogP contribution in [0.5, 0.6) is 0 Å². The number of hydrogen-bond acceptors (Lipinski definition) is 11. The molecule has 2 aromatic carbocycles. The van der Waals surface area contributed by atoms with Crippen molar-refractivity contribution >= 4 is 61.2 Å². The zero-order valence-electron chi connectivity index (χ0n) is 36.6. The molecule has 64 heavy (non-hydrogen) atoms. The van der Waals surface area contributed by atoms with Crippen LogP contribution in [-0.2, 0) is 26.7 Å². The molecule has 1 spiro atoms. The van der Waals surface area contributed by atoms with Crippen LogP contribution in [0.3, 0.4) is 0 Å². The van der Waals surface area contributed by atoms with Crippen molar-refractivity contribution < 1.29 is 22.4 Å². The molecule has 16 nitrogen and oxygen atoms in total. The molecular weight excluding hydrogens is 840 g/mol. The van der Waals surface area contributed by atoms with E-state index in [0.29, 0.717) is 52.9 Å². The minimum absolute atomic E-state index is 0.0501. The van der Waals surface area contributed by atoms with Crippen molar-refractivity contribution in [2.75, 3.05) is 50.0 Å². The number of rotatable bonds is 10. The van der Waals surface area contributed by atoms with Crippen LogP contribution in [0.4, 0.5) is 21.7 Å². The predicted molar refractivity (Wildman–Crippen MR) is 241 cm³/mol. The van der Waals surface area contributed by atoms with Crippen LogP contribution in [-0.4, -0.2) is 98.9 Å². The molecule has 338 valence electrons. The Hall–Kier alpha value is -5.46. The Morgan fingerprint density at radius 3 is 2.42 bits per heavy atom. The second kappa shape index (κ2) is 16.2. The quantitative estimate of drug-likeness (QED) is 0.178. The van der Waals surface area contributed by atoms with Crippen LogP contribution in [0.15, 0.2) is 63.1 Å². The number of pyridine rings is 1. The lowest BCUT2D eigenvalue weighted by Crippen LogP contribution is -2.46. The number of aromatic nitrogens is 5. The van der Waals surface area contributed by atoms with Crippen molar-refractivity contribution in [2.45, 2.75) is 101 Å². The van der Waals surface area contributed by atoms with Crippen molar-refractivity contribution in [3.05, 3.63) is 80.9 Å². The maximum atomic E-state index is 14.8. The van der Waals surface area contributed by atoms with Gasteiger partial charge in [0.15, 0.2) is 5.82 Å². The lowest BCUT2D eigenvalue weighted by molar-refractivity contribution is -0.135. The van der Waals surface area contributed by atoms with E-state index in [-0.39, 0.29) is 46.7 Å². The standard InChI is InChI=1S/C46H55FN10O6S/c1-28-24-32(9-10-34(28)49-44-48-26-30-25-33(47)43(60)57(41(30)51-44)38-8-5-17-46(38)18-19-46)64(62,63)55-22-13-29(14-23-55)27-52(2)31-15-20-54(21-16-31)35-6-4-7-36-40(35)53(3)45(61)56(36)37-11-12-39(58)50-42(37)59/h4,6-7,9-10,24-26,29,31,37-38H,5,8,11-23,27H2,1-3H3,(H,48,49,51)(H,50,58,59). The molecule has 2 atom stereocenters. The van der Waals surface area contributed by atoms with Gasteiger partial charge >= 0.3 is 5.69 Å². The molecule has 3 saturated heterocycles. The lowest BCUT2D eigenvalue weighted by Gasteiger charge is -2.40. The molecule has 5 aliphatic rings. The van der Waals surface area contributed by atoms with E-state index in [1.807, 2.05) is 25.1 Å². The first-order valence-electron chi connectivity index (χ1n) is 22.7. The second-order valence-electron chi connectivity index (χ2n) is 18.8. The number of piperidine rings is 3. The van der Waals surface area contributed by atoms with Gasteiger partial charge < -0.3 is 15.1 Å². The maximum Gasteiger partial charge on any atom is 0.329 e. The van der Waals surface area contributed by atoms with Crippen LogP contribution in [0, 0.1) is 24.1 Å². The van der Waals surface area contributed by atoms with Gasteiger partial charge in [0, 0.05) is 75.5 Å². The van der Waals surface area contributed by atoms with Gasteiger partial charge in [0.2, 0.25) is 27.8 Å². The first kappa shape index (κ1) is 42.5. The minimum atomic E-state index is -3.74. The van der Waals surface area contributed by atoms with Gasteiger partial charge in [0.05, 0.1) is 21.6 Å². The van der Waals surface area contributed by atoms with Gasteiger partial charge in [-0.05, 0) is 125 Å². The molecular formula is C46H55FN10O6S. The number of hydrogen-bond donors (Lipinski definition) is 2. The Labute approximate surface area is 370 Å². The average molecular weight is 895 g/mol. The molecule has 5 aromatic rings. The largest absolute Gasteiger partial charge is 0.370 e. The number of imide groups is 1. The summed E-state index contributed by atoms with van der Waals surface area (Å²) in [4.78, 5) is 65.3. The fourth-order valence-electron chi connectivity index (χ4n) is 11.2. The Morgan fingerprint density at radius 1 is 0.938 bits per heavy atom. The van der Waals surface area contributed by atoms with Crippen LogP contribution in [0.25, 0.3) is 22.1 Å². The molecule has 3 aromatic heterocycles. The highest BCUT2D eigenvalue weighted by molar-refractivity contribution is 7.89. The van der Waals surface area contributed by atoms with Crippen LogP contribution >= 0.6 is 0 Å². The number of benzene rings is 2. The normalized spacial score (nSPS) is 22.3. The molecule has 0 bridgehead atoms. The van der Waals surface area contributed by atoms with Crippen molar-refractivity contribution in [2.24, 2.45) is 18.4 Å². The van der Waals surface area contributed by atoms with Crippen LogP contribution in [0.2, 0.25) is 0 Å². The van der Waals surface area contributed by atoms with Crippen LogP contribution < -0.4 is 26.8 Å². The van der Waals surface area contributed by atoms with Crippen molar-refractivity contribution in [1.29, 1.82) is 0 Å². The molecule has 2 unspecified atom stereocenters. The van der Waals surface area contributed by atoms with E-state index in [2.05, 4.69) is 32.5 Å². The summed E-state index contributed by atoms with van der Waals surface area (Å²) in [6.07, 6.45) is 10.3. The molecule has 18 heteroatoms. The fraction of sp³-hybridized carbons (Fsp3) is 0.522. The summed E-state index contributed by atoms with van der Waals surface area (Å²) in [5.74, 6) is -0.963. The van der Waals surface area contributed by atoms with E-state index in [0.717, 1.165) is 88.6 Å². The van der Waals surface area contributed by atoms with Crippen molar-refractivity contribution in [3.63, 3.8) is 0 Å². The van der Waals surface area contributed by atoms with E-state index in [9.17, 15) is 32.0 Å². The molecule has 0 radical (unpaired) electrons. The third-order valence-corrected chi connectivity index (χ3v) is 16.9. The number of nitrogens with one attached hydrogen (secondary N) is 2. The molecule has 3 aliphatic heterocycles. The summed E-state index contributed by atoms with van der Waals surface area (Å²) in [5.41, 5.74) is 3.27. The maximum absolute atomic E-state index is 14.8. The molecule has 10 rings (SSSR count). The number of fused-ring (bicyclic) bond motifs is 2. The highest BCUT2D eigenvalue weighted by Crippen LogP contribution is 2.63. The zero-order valence-corrected chi connectivity index (χ0v) is 37.4. The van der Waals surface area contributed by atoms with Gasteiger partial charge in [-0.1, -0.05) is 12.5 Å². The number of carbonyl (C=O) groups is 2. The zero-order chi connectivity index (χ0) is 44.7. The summed E-state index contributed by atoms with van der Waals surface area (Å²) < 4.78 is 49.0. The molecule has 2 amide bonds. The van der Waals surface area contributed by atoms with Gasteiger partial charge in [0.25, 0.3) is 5.56 Å². The number of anilines is 3. The molecule has 2 N–H and O–H groups in total. The Bertz CT molecular complexity index is 2930.